The van der Waals surface area contributed by atoms with E-state index in [0.29, 0.717) is 26.2 Å². The van der Waals surface area contributed by atoms with Gasteiger partial charge in [0.2, 0.25) is 5.91 Å². The van der Waals surface area contributed by atoms with Gasteiger partial charge in [0.05, 0.1) is 25.8 Å². The van der Waals surface area contributed by atoms with Crippen LogP contribution >= 0.6 is 11.3 Å². The van der Waals surface area contributed by atoms with Gasteiger partial charge in [-0.3, -0.25) is 14.4 Å². The van der Waals surface area contributed by atoms with Gasteiger partial charge in [-0.2, -0.15) is 16.4 Å². The van der Waals surface area contributed by atoms with Crippen LogP contribution in [0.4, 0.5) is 0 Å². The first-order chi connectivity index (χ1) is 11.3. The van der Waals surface area contributed by atoms with Gasteiger partial charge in [0.1, 0.15) is 12.7 Å². The van der Waals surface area contributed by atoms with Crippen LogP contribution in [0.15, 0.2) is 29.5 Å². The number of ether oxygens (including phenoxy) is 1. The number of amides is 1. The Morgan fingerprint density at radius 2 is 2.48 bits per heavy atom. The molecule has 0 saturated carbocycles. The van der Waals surface area contributed by atoms with Gasteiger partial charge in [0.25, 0.3) is 0 Å². The zero-order valence-electron chi connectivity index (χ0n) is 12.9. The number of hydrogen-bond donors (Lipinski definition) is 1. The lowest BCUT2D eigenvalue weighted by molar-refractivity contribution is -0.124. The molecule has 1 amide bonds. The Bertz CT molecular complexity index is 587. The number of hydrogen-bond acceptors (Lipinski definition) is 6. The van der Waals surface area contributed by atoms with E-state index in [1.165, 1.54) is 11.9 Å². The third kappa shape index (κ3) is 5.12. The van der Waals surface area contributed by atoms with Gasteiger partial charge in [0.15, 0.2) is 0 Å². The van der Waals surface area contributed by atoms with Crippen molar-refractivity contribution in [3.05, 3.63) is 35.0 Å². The molecule has 2 aromatic rings. The second kappa shape index (κ2) is 8.19. The molecule has 0 aliphatic carbocycles. The van der Waals surface area contributed by atoms with Gasteiger partial charge in [-0.1, -0.05) is 0 Å². The molecule has 23 heavy (non-hydrogen) atoms. The zero-order chi connectivity index (χ0) is 15.9. The largest absolute Gasteiger partial charge is 0.374 e. The Labute approximate surface area is 139 Å². The molecule has 1 unspecified atom stereocenters. The number of nitrogens with one attached hydrogen (secondary N) is 1. The van der Waals surface area contributed by atoms with Crippen LogP contribution in [-0.2, 0) is 22.5 Å². The van der Waals surface area contributed by atoms with E-state index in [-0.39, 0.29) is 12.0 Å². The number of aromatic nitrogens is 3. The molecule has 1 aliphatic rings. The lowest BCUT2D eigenvalue weighted by atomic mass is 10.2. The number of morpholine rings is 1. The van der Waals surface area contributed by atoms with Crippen LogP contribution < -0.4 is 5.32 Å². The first kappa shape index (κ1) is 16.1. The number of nitrogens with zero attached hydrogens (tertiary/aromatic N) is 4. The minimum Gasteiger partial charge on any atom is -0.374 e. The summed E-state index contributed by atoms with van der Waals surface area (Å²) >= 11 is 1.68. The highest BCUT2D eigenvalue weighted by Crippen LogP contribution is 2.07. The van der Waals surface area contributed by atoms with E-state index in [9.17, 15) is 4.79 Å². The highest BCUT2D eigenvalue weighted by molar-refractivity contribution is 7.07. The minimum atomic E-state index is 0.0454. The van der Waals surface area contributed by atoms with E-state index in [1.807, 2.05) is 0 Å². The summed E-state index contributed by atoms with van der Waals surface area (Å²) in [6.45, 7) is 3.92. The van der Waals surface area contributed by atoms with Gasteiger partial charge in [-0.05, 0) is 28.8 Å². The van der Waals surface area contributed by atoms with Crippen LogP contribution in [0.25, 0.3) is 0 Å². The Kier molecular flexibility index (Phi) is 5.73. The van der Waals surface area contributed by atoms with Crippen LogP contribution in [0.1, 0.15) is 5.56 Å². The average Bonchev–Trinajstić information content (AvgIpc) is 3.21. The first-order valence-electron chi connectivity index (χ1n) is 7.74. The van der Waals surface area contributed by atoms with Crippen molar-refractivity contribution in [3.8, 4) is 0 Å². The maximum Gasteiger partial charge on any atom is 0.234 e. The molecule has 1 saturated heterocycles. The SMILES string of the molecule is O=C(CN1CCOC(Cn2cncn2)C1)NCCc1ccsc1. The smallest absolute Gasteiger partial charge is 0.234 e. The van der Waals surface area contributed by atoms with E-state index < -0.39 is 0 Å². The molecular formula is C15H21N5O2S. The van der Waals surface area contributed by atoms with Crippen LogP contribution in [-0.4, -0.2) is 64.5 Å². The zero-order valence-corrected chi connectivity index (χ0v) is 13.7. The van der Waals surface area contributed by atoms with Crippen LogP contribution in [0.2, 0.25) is 0 Å². The molecule has 3 heterocycles. The van der Waals surface area contributed by atoms with E-state index in [1.54, 1.807) is 22.3 Å². The van der Waals surface area contributed by atoms with Crippen LogP contribution in [0.3, 0.4) is 0 Å². The maximum atomic E-state index is 12.0. The summed E-state index contributed by atoms with van der Waals surface area (Å²) < 4.78 is 7.49. The Morgan fingerprint density at radius 1 is 1.52 bits per heavy atom. The molecule has 7 nitrogen and oxygen atoms in total. The molecule has 0 bridgehead atoms. The second-order valence-electron chi connectivity index (χ2n) is 5.58. The molecule has 1 aliphatic heterocycles. The highest BCUT2D eigenvalue weighted by atomic mass is 32.1. The molecule has 124 valence electrons. The Morgan fingerprint density at radius 3 is 3.26 bits per heavy atom. The van der Waals surface area contributed by atoms with Crippen molar-refractivity contribution in [2.75, 3.05) is 32.8 Å². The topological polar surface area (TPSA) is 72.3 Å². The van der Waals surface area contributed by atoms with E-state index >= 15 is 0 Å². The predicted molar refractivity (Wildman–Crippen MR) is 87.2 cm³/mol. The molecule has 8 heteroatoms. The average molecular weight is 335 g/mol. The lowest BCUT2D eigenvalue weighted by Gasteiger charge is -2.32. The van der Waals surface area contributed by atoms with E-state index in [0.717, 1.165) is 19.5 Å². The summed E-state index contributed by atoms with van der Waals surface area (Å²) in [7, 11) is 0. The number of thiophene rings is 1. The summed E-state index contributed by atoms with van der Waals surface area (Å²) in [5.41, 5.74) is 1.27. The van der Waals surface area contributed by atoms with Crippen LogP contribution in [0, 0.1) is 0 Å². The molecular weight excluding hydrogens is 314 g/mol. The third-order valence-corrected chi connectivity index (χ3v) is 4.50. The maximum absolute atomic E-state index is 12.0. The van der Waals surface area contributed by atoms with Crippen molar-refractivity contribution < 1.29 is 9.53 Å². The summed E-state index contributed by atoms with van der Waals surface area (Å²) in [5.74, 6) is 0.0710. The predicted octanol–water partition coefficient (Wildman–Crippen LogP) is 0.399. The standard InChI is InChI=1S/C15H21N5O2S/c21-15(17-3-1-13-2-6-23-10-13)9-19-4-5-22-14(7-19)8-20-12-16-11-18-20/h2,6,10-12,14H,1,3-5,7-9H2,(H,17,21). The molecule has 0 aromatic carbocycles. The molecule has 1 atom stereocenters. The fourth-order valence-electron chi connectivity index (χ4n) is 2.61. The molecule has 2 aromatic heterocycles. The summed E-state index contributed by atoms with van der Waals surface area (Å²) in [6.07, 6.45) is 4.12. The summed E-state index contributed by atoms with van der Waals surface area (Å²) in [5, 5.41) is 11.2. The molecule has 3 rings (SSSR count). The van der Waals surface area contributed by atoms with Crippen LogP contribution in [0.5, 0.6) is 0 Å². The Hall–Kier alpha value is -1.77. The van der Waals surface area contributed by atoms with Crippen molar-refractivity contribution in [1.29, 1.82) is 0 Å². The van der Waals surface area contributed by atoms with Crippen molar-refractivity contribution in [3.63, 3.8) is 0 Å². The fraction of sp³-hybridized carbons (Fsp3) is 0.533. The van der Waals surface area contributed by atoms with Gasteiger partial charge in [0, 0.05) is 19.6 Å². The summed E-state index contributed by atoms with van der Waals surface area (Å²) in [6, 6.07) is 2.09. The number of carbonyl (C=O) groups is 1. The number of carbonyl (C=O) groups excluding carboxylic acids is 1. The normalized spacial score (nSPS) is 18.9. The van der Waals surface area contributed by atoms with Crippen molar-refractivity contribution in [2.45, 2.75) is 19.1 Å². The minimum absolute atomic E-state index is 0.0454. The first-order valence-corrected chi connectivity index (χ1v) is 8.68. The lowest BCUT2D eigenvalue weighted by Crippen LogP contribution is -2.48. The van der Waals surface area contributed by atoms with Crippen molar-refractivity contribution >= 4 is 17.2 Å². The second-order valence-corrected chi connectivity index (χ2v) is 6.36. The fourth-order valence-corrected chi connectivity index (χ4v) is 3.31. The molecule has 0 spiro atoms. The quantitative estimate of drug-likeness (QED) is 0.793. The molecule has 1 N–H and O–H groups in total. The van der Waals surface area contributed by atoms with Crippen molar-refractivity contribution in [2.24, 2.45) is 0 Å². The van der Waals surface area contributed by atoms with Gasteiger partial charge < -0.3 is 10.1 Å². The van der Waals surface area contributed by atoms with E-state index in [2.05, 4.69) is 37.1 Å². The Balaban J connectivity index is 1.37. The van der Waals surface area contributed by atoms with Gasteiger partial charge in [-0.15, -0.1) is 0 Å². The molecule has 0 radical (unpaired) electrons. The van der Waals surface area contributed by atoms with Crippen molar-refractivity contribution in [1.82, 2.24) is 25.0 Å². The summed E-state index contributed by atoms with van der Waals surface area (Å²) in [4.78, 5) is 18.1. The monoisotopic (exact) mass is 335 g/mol. The van der Waals surface area contributed by atoms with E-state index in [4.69, 9.17) is 4.74 Å². The third-order valence-electron chi connectivity index (χ3n) is 3.76. The highest BCUT2D eigenvalue weighted by Gasteiger charge is 2.22. The van der Waals surface area contributed by atoms with Gasteiger partial charge >= 0.3 is 0 Å². The molecule has 1 fully saturated rings. The van der Waals surface area contributed by atoms with Gasteiger partial charge in [-0.25, -0.2) is 4.98 Å². The number of rotatable bonds is 7.